The fourth-order valence-corrected chi connectivity index (χ4v) is 2.85. The summed E-state index contributed by atoms with van der Waals surface area (Å²) >= 11 is 6.09. The molecule has 0 aliphatic rings. The van der Waals surface area contributed by atoms with Crippen LogP contribution in [0, 0.1) is 12.7 Å². The minimum Gasteiger partial charge on any atom is -0.436 e. The molecular weight excluding hydrogens is 439 g/mol. The first-order chi connectivity index (χ1) is 15.5. The summed E-state index contributed by atoms with van der Waals surface area (Å²) in [7, 11) is 1.31. The fraction of sp³-hybridized carbons (Fsp3) is 0.182. The van der Waals surface area contributed by atoms with Gasteiger partial charge in [0.2, 0.25) is 5.82 Å². The van der Waals surface area contributed by atoms with Crippen molar-refractivity contribution >= 4 is 23.2 Å². The molecule has 8 nitrogen and oxygen atoms in total. The first kappa shape index (κ1) is 23.0. The van der Waals surface area contributed by atoms with Crippen molar-refractivity contribution in [2.24, 2.45) is 5.16 Å². The number of carbonyl (C=O) groups excluding carboxylic acids is 1. The Balaban J connectivity index is 1.95. The van der Waals surface area contributed by atoms with Gasteiger partial charge in [-0.3, -0.25) is 4.79 Å². The number of oxime groups is 1. The molecule has 2 aromatic carbocycles. The number of carbonyl (C=O) groups is 1. The Morgan fingerprint density at radius 1 is 1.09 bits per heavy atom. The SMILES string of the molecule is CCNC(=O)C(=NOC)c1ccccc1Oc1ncnc(Oc2cccc(Cl)c2C)c1F. The number of nitrogens with one attached hydrogen (secondary N) is 1. The van der Waals surface area contributed by atoms with Crippen LogP contribution in [0.5, 0.6) is 23.3 Å². The van der Waals surface area contributed by atoms with Crippen molar-refractivity contribution in [2.45, 2.75) is 13.8 Å². The molecule has 0 saturated carbocycles. The number of hydrogen-bond donors (Lipinski definition) is 1. The number of benzene rings is 2. The third-order valence-electron chi connectivity index (χ3n) is 4.23. The van der Waals surface area contributed by atoms with Gasteiger partial charge in [0.05, 0.1) is 5.56 Å². The molecule has 0 bridgehead atoms. The molecule has 0 unspecified atom stereocenters. The van der Waals surface area contributed by atoms with E-state index in [1.807, 2.05) is 0 Å². The van der Waals surface area contributed by atoms with Gasteiger partial charge >= 0.3 is 0 Å². The molecule has 0 fully saturated rings. The Labute approximate surface area is 189 Å². The molecule has 1 heterocycles. The Morgan fingerprint density at radius 2 is 1.75 bits per heavy atom. The van der Waals surface area contributed by atoms with Crippen LogP contribution >= 0.6 is 11.6 Å². The summed E-state index contributed by atoms with van der Waals surface area (Å²) < 4.78 is 26.4. The lowest BCUT2D eigenvalue weighted by molar-refractivity contribution is -0.114. The summed E-state index contributed by atoms with van der Waals surface area (Å²) in [5.74, 6) is -1.66. The molecule has 0 saturated heterocycles. The van der Waals surface area contributed by atoms with Gasteiger partial charge in [0.1, 0.15) is 24.9 Å². The number of para-hydroxylation sites is 1. The number of ether oxygens (including phenoxy) is 2. The van der Waals surface area contributed by atoms with Crippen LogP contribution in [0.25, 0.3) is 0 Å². The average molecular weight is 459 g/mol. The highest BCUT2D eigenvalue weighted by Gasteiger charge is 2.22. The van der Waals surface area contributed by atoms with Gasteiger partial charge in [0.25, 0.3) is 17.7 Å². The first-order valence-electron chi connectivity index (χ1n) is 9.56. The zero-order chi connectivity index (χ0) is 23.1. The van der Waals surface area contributed by atoms with Crippen LogP contribution in [-0.2, 0) is 9.63 Å². The highest BCUT2D eigenvalue weighted by atomic mass is 35.5. The quantitative estimate of drug-likeness (QED) is 0.390. The van der Waals surface area contributed by atoms with Crippen molar-refractivity contribution in [1.82, 2.24) is 15.3 Å². The molecule has 0 spiro atoms. The highest BCUT2D eigenvalue weighted by Crippen LogP contribution is 2.33. The molecular formula is C22H20ClFN4O4. The van der Waals surface area contributed by atoms with E-state index in [0.717, 1.165) is 6.33 Å². The van der Waals surface area contributed by atoms with Gasteiger partial charge < -0.3 is 19.6 Å². The molecule has 0 atom stereocenters. The maximum atomic E-state index is 15.1. The van der Waals surface area contributed by atoms with Gasteiger partial charge in [0, 0.05) is 17.1 Å². The van der Waals surface area contributed by atoms with Crippen molar-refractivity contribution in [1.29, 1.82) is 0 Å². The topological polar surface area (TPSA) is 94.9 Å². The van der Waals surface area contributed by atoms with E-state index in [0.29, 0.717) is 22.9 Å². The van der Waals surface area contributed by atoms with Crippen LogP contribution < -0.4 is 14.8 Å². The number of likely N-dealkylation sites (N-methyl/N-ethyl adjacent to an activating group) is 1. The number of hydrogen-bond acceptors (Lipinski definition) is 7. The van der Waals surface area contributed by atoms with E-state index in [1.165, 1.54) is 7.11 Å². The van der Waals surface area contributed by atoms with Gasteiger partial charge in [-0.05, 0) is 38.1 Å². The maximum absolute atomic E-state index is 15.1. The third kappa shape index (κ3) is 5.12. The molecule has 10 heteroatoms. The van der Waals surface area contributed by atoms with Crippen molar-refractivity contribution < 1.29 is 23.5 Å². The normalized spacial score (nSPS) is 11.1. The number of rotatable bonds is 8. The smallest absolute Gasteiger partial charge is 0.274 e. The summed E-state index contributed by atoms with van der Waals surface area (Å²) in [6.45, 7) is 3.89. The predicted octanol–water partition coefficient (Wildman–Crippen LogP) is 4.65. The fourth-order valence-electron chi connectivity index (χ4n) is 2.69. The van der Waals surface area contributed by atoms with E-state index < -0.39 is 17.6 Å². The Morgan fingerprint density at radius 3 is 2.44 bits per heavy atom. The molecule has 1 amide bonds. The van der Waals surface area contributed by atoms with E-state index in [4.69, 9.17) is 25.9 Å². The molecule has 3 rings (SSSR count). The van der Waals surface area contributed by atoms with Crippen LogP contribution in [0.1, 0.15) is 18.1 Å². The predicted molar refractivity (Wildman–Crippen MR) is 117 cm³/mol. The van der Waals surface area contributed by atoms with Crippen molar-refractivity contribution in [3.05, 3.63) is 70.8 Å². The number of amides is 1. The molecule has 166 valence electrons. The maximum Gasteiger partial charge on any atom is 0.274 e. The van der Waals surface area contributed by atoms with E-state index in [9.17, 15) is 4.79 Å². The summed E-state index contributed by atoms with van der Waals surface area (Å²) in [5.41, 5.74) is 0.874. The molecule has 0 aliphatic carbocycles. The van der Waals surface area contributed by atoms with E-state index >= 15 is 4.39 Å². The van der Waals surface area contributed by atoms with Gasteiger partial charge in [-0.2, -0.15) is 14.4 Å². The number of aromatic nitrogens is 2. The summed E-state index contributed by atoms with van der Waals surface area (Å²) in [4.78, 5) is 24.9. The largest absolute Gasteiger partial charge is 0.436 e. The number of halogens is 2. The summed E-state index contributed by atoms with van der Waals surface area (Å²) in [6, 6.07) is 11.5. The van der Waals surface area contributed by atoms with Crippen LogP contribution in [0.2, 0.25) is 5.02 Å². The Bertz CT molecular complexity index is 1160. The lowest BCUT2D eigenvalue weighted by Crippen LogP contribution is -2.31. The van der Waals surface area contributed by atoms with E-state index in [1.54, 1.807) is 56.3 Å². The highest BCUT2D eigenvalue weighted by molar-refractivity contribution is 6.45. The molecule has 1 N–H and O–H groups in total. The van der Waals surface area contributed by atoms with Crippen molar-refractivity contribution in [3.63, 3.8) is 0 Å². The van der Waals surface area contributed by atoms with Crippen LogP contribution in [0.15, 0.2) is 53.9 Å². The number of nitrogens with zero attached hydrogens (tertiary/aromatic N) is 3. The van der Waals surface area contributed by atoms with Crippen molar-refractivity contribution in [3.8, 4) is 23.3 Å². The zero-order valence-corrected chi connectivity index (χ0v) is 18.3. The second kappa shape index (κ2) is 10.5. The second-order valence-electron chi connectivity index (χ2n) is 6.34. The summed E-state index contributed by atoms with van der Waals surface area (Å²) in [5, 5.41) is 6.90. The van der Waals surface area contributed by atoms with E-state index in [2.05, 4.69) is 20.4 Å². The molecule has 3 aromatic rings. The lowest BCUT2D eigenvalue weighted by atomic mass is 10.1. The van der Waals surface area contributed by atoms with Gasteiger partial charge in [-0.15, -0.1) is 0 Å². The molecule has 0 radical (unpaired) electrons. The first-order valence-corrected chi connectivity index (χ1v) is 9.94. The zero-order valence-electron chi connectivity index (χ0n) is 17.6. The Hall–Kier alpha value is -3.72. The average Bonchev–Trinajstić information content (AvgIpc) is 2.78. The molecule has 0 aliphatic heterocycles. The Kier molecular flexibility index (Phi) is 7.56. The lowest BCUT2D eigenvalue weighted by Gasteiger charge is -2.13. The van der Waals surface area contributed by atoms with Crippen LogP contribution in [-0.4, -0.2) is 35.2 Å². The van der Waals surface area contributed by atoms with Crippen LogP contribution in [0.4, 0.5) is 4.39 Å². The van der Waals surface area contributed by atoms with E-state index in [-0.39, 0.29) is 22.9 Å². The van der Waals surface area contributed by atoms with Crippen LogP contribution in [0.3, 0.4) is 0 Å². The molecule has 1 aromatic heterocycles. The minimum atomic E-state index is -0.926. The third-order valence-corrected chi connectivity index (χ3v) is 4.64. The standard InChI is InChI=1S/C22H20ClFN4O4/c1-4-25-20(29)19(28-30-3)14-8-5-6-10-17(14)32-22-18(24)21(26-12-27-22)31-16-11-7-9-15(23)13(16)2/h5-12H,4H2,1-3H3,(H,25,29). The second-order valence-corrected chi connectivity index (χ2v) is 6.75. The summed E-state index contributed by atoms with van der Waals surface area (Å²) in [6.07, 6.45) is 1.10. The van der Waals surface area contributed by atoms with Crippen molar-refractivity contribution in [2.75, 3.05) is 13.7 Å². The van der Waals surface area contributed by atoms with Gasteiger partial charge in [-0.1, -0.05) is 35.0 Å². The molecule has 32 heavy (non-hydrogen) atoms. The van der Waals surface area contributed by atoms with Gasteiger partial charge in [0.15, 0.2) is 5.71 Å². The minimum absolute atomic E-state index is 0.0366. The monoisotopic (exact) mass is 458 g/mol. The van der Waals surface area contributed by atoms with Gasteiger partial charge in [-0.25, -0.2) is 0 Å².